The van der Waals surface area contributed by atoms with Crippen molar-refractivity contribution in [2.24, 2.45) is 12.1 Å². The zero-order valence-corrected chi connectivity index (χ0v) is 16.7. The maximum atomic E-state index is 12.1. The largest absolute Gasteiger partial charge is 0.329 e. The van der Waals surface area contributed by atoms with Gasteiger partial charge in [0.05, 0.1) is 14.5 Å². The summed E-state index contributed by atoms with van der Waals surface area (Å²) in [4.78, 5) is 7.96. The Morgan fingerprint density at radius 3 is 2.90 bits per heavy atom. The van der Waals surface area contributed by atoms with Gasteiger partial charge in [0.1, 0.15) is 5.82 Å². The zero-order valence-electron chi connectivity index (χ0n) is 27.9. The van der Waals surface area contributed by atoms with Gasteiger partial charge in [-0.3, -0.25) is 4.68 Å². The number of benzene rings is 2. The third-order valence-electron chi connectivity index (χ3n) is 4.30. The quantitative estimate of drug-likeness (QED) is 0.480. The highest BCUT2D eigenvalue weighted by atomic mass is 32.2. The first-order valence-corrected chi connectivity index (χ1v) is 10.2. The number of hydrogen-bond donors (Lipinski definition) is 2. The maximum absolute atomic E-state index is 12.1. The number of anilines is 4. The van der Waals surface area contributed by atoms with Crippen LogP contribution in [0.1, 0.15) is 27.7 Å². The zero-order chi connectivity index (χ0) is 32.4. The third-order valence-corrected chi connectivity index (χ3v) is 5.25. The minimum Gasteiger partial charge on any atom is -0.329 e. The Bertz CT molecular complexity index is 1850. The molecule has 9 nitrogen and oxygen atoms in total. The van der Waals surface area contributed by atoms with Gasteiger partial charge in [-0.2, -0.15) is 10.1 Å². The number of nitrogens with two attached hydrogens (primary N) is 1. The van der Waals surface area contributed by atoms with Gasteiger partial charge in [-0.1, -0.05) is 6.07 Å². The number of nitrogens with zero attached hydrogens (tertiary/aromatic N) is 5. The van der Waals surface area contributed by atoms with Crippen molar-refractivity contribution in [3.05, 3.63) is 59.8 Å². The first-order chi connectivity index (χ1) is 19.5. The SMILES string of the molecule is [2H]c1c(N(c2ccnc(Nc3ccc(C([2H])([2H])[2H])c(S(N)(=O)=O)c3)n2)C([2H])([2H])[2H])c([2H])c2nn(C([2H])([2H])[2H])c(C)c2c1[2H]. The molecule has 2 heterocycles. The Balaban J connectivity index is 1.87. The van der Waals surface area contributed by atoms with E-state index in [-0.39, 0.29) is 34.1 Å². The van der Waals surface area contributed by atoms with E-state index in [1.807, 2.05) is 0 Å². The molecule has 160 valence electrons. The van der Waals surface area contributed by atoms with E-state index >= 15 is 0 Å². The first kappa shape index (κ1) is 10.7. The average molecular weight is 450 g/mol. The fraction of sp³-hybridized carbons (Fsp3) is 0.190. The molecule has 31 heavy (non-hydrogen) atoms. The molecule has 0 bridgehead atoms. The van der Waals surface area contributed by atoms with Crippen molar-refractivity contribution < 1.29 is 24.9 Å². The molecule has 0 fully saturated rings. The molecule has 0 aliphatic carbocycles. The maximum Gasteiger partial charge on any atom is 0.238 e. The van der Waals surface area contributed by atoms with Crippen molar-refractivity contribution in [2.75, 3.05) is 17.2 Å². The van der Waals surface area contributed by atoms with Crippen molar-refractivity contribution in [3.8, 4) is 0 Å². The van der Waals surface area contributed by atoms with Crippen LogP contribution in [0.2, 0.25) is 0 Å². The highest BCUT2D eigenvalue weighted by Crippen LogP contribution is 2.28. The van der Waals surface area contributed by atoms with E-state index in [4.69, 9.17) is 21.6 Å². The van der Waals surface area contributed by atoms with Crippen LogP contribution in [0, 0.1) is 13.8 Å². The van der Waals surface area contributed by atoms with E-state index in [0.29, 0.717) is 9.58 Å². The van der Waals surface area contributed by atoms with Gasteiger partial charge in [0.25, 0.3) is 0 Å². The minimum atomic E-state index is -4.48. The lowest BCUT2D eigenvalue weighted by Crippen LogP contribution is -2.14. The van der Waals surface area contributed by atoms with Gasteiger partial charge in [0, 0.05) is 54.9 Å². The summed E-state index contributed by atoms with van der Waals surface area (Å²) >= 11 is 0. The van der Waals surface area contributed by atoms with E-state index in [2.05, 4.69) is 20.4 Å². The third kappa shape index (κ3) is 4.07. The van der Waals surface area contributed by atoms with E-state index in [0.717, 1.165) is 24.4 Å². The van der Waals surface area contributed by atoms with Crippen molar-refractivity contribution in [1.29, 1.82) is 0 Å². The summed E-state index contributed by atoms with van der Waals surface area (Å²) < 4.78 is 121. The van der Waals surface area contributed by atoms with Gasteiger partial charge >= 0.3 is 0 Å². The van der Waals surface area contributed by atoms with Gasteiger partial charge in [-0.05, 0) is 55.7 Å². The molecule has 0 saturated heterocycles. The van der Waals surface area contributed by atoms with E-state index in [1.165, 1.54) is 13.0 Å². The van der Waals surface area contributed by atoms with Crippen LogP contribution in [0.15, 0.2) is 53.5 Å². The molecule has 0 spiro atoms. The van der Waals surface area contributed by atoms with Crippen molar-refractivity contribution in [1.82, 2.24) is 19.7 Å². The van der Waals surface area contributed by atoms with Crippen LogP contribution in [-0.2, 0) is 17.0 Å². The molecule has 4 rings (SSSR count). The molecule has 0 aliphatic rings. The fourth-order valence-electron chi connectivity index (χ4n) is 2.73. The highest BCUT2D eigenvalue weighted by Gasteiger charge is 2.14. The Labute approximate surface area is 197 Å². The normalized spacial score (nSPS) is 18.5. The second-order valence-corrected chi connectivity index (χ2v) is 7.93. The molecular weight excluding hydrogens is 414 g/mol. The Morgan fingerprint density at radius 2 is 2.16 bits per heavy atom. The molecule has 0 unspecified atom stereocenters. The number of nitrogens with one attached hydrogen (secondary N) is 1. The molecule has 3 N–H and O–H groups in total. The molecule has 0 amide bonds. The lowest BCUT2D eigenvalue weighted by atomic mass is 10.2. The van der Waals surface area contributed by atoms with Crippen LogP contribution in [0.25, 0.3) is 10.9 Å². The number of aromatic nitrogens is 4. The second kappa shape index (κ2) is 7.64. The lowest BCUT2D eigenvalue weighted by molar-refractivity contribution is 0.597. The summed E-state index contributed by atoms with van der Waals surface area (Å²) in [7, 11) is -4.48. The van der Waals surface area contributed by atoms with E-state index in [9.17, 15) is 8.42 Å². The monoisotopic (exact) mass is 449 g/mol. The van der Waals surface area contributed by atoms with Crippen LogP contribution in [0.5, 0.6) is 0 Å². The summed E-state index contributed by atoms with van der Waals surface area (Å²) in [5, 5.41) is 11.7. The van der Waals surface area contributed by atoms with Crippen molar-refractivity contribution in [2.45, 2.75) is 18.7 Å². The van der Waals surface area contributed by atoms with Crippen LogP contribution in [0.4, 0.5) is 23.1 Å². The fourth-order valence-corrected chi connectivity index (χ4v) is 3.40. The highest BCUT2D eigenvalue weighted by molar-refractivity contribution is 7.89. The summed E-state index contributed by atoms with van der Waals surface area (Å²) in [6, 6.07) is 2.45. The van der Waals surface area contributed by atoms with Crippen molar-refractivity contribution >= 4 is 44.1 Å². The Hall–Kier alpha value is -3.50. The Kier molecular flexibility index (Phi) is 2.63. The number of rotatable bonds is 5. The molecule has 0 saturated carbocycles. The number of fused-ring (bicyclic) bond motifs is 1. The smallest absolute Gasteiger partial charge is 0.238 e. The summed E-state index contributed by atoms with van der Waals surface area (Å²) in [5.74, 6) is -0.669. The molecule has 4 aromatic rings. The van der Waals surface area contributed by atoms with Gasteiger partial charge in [0.15, 0.2) is 0 Å². The van der Waals surface area contributed by atoms with Gasteiger partial charge in [-0.25, -0.2) is 18.5 Å². The molecule has 0 aliphatic heterocycles. The van der Waals surface area contributed by atoms with E-state index < -0.39 is 65.1 Å². The van der Waals surface area contributed by atoms with Crippen LogP contribution >= 0.6 is 0 Å². The summed E-state index contributed by atoms with van der Waals surface area (Å²) in [6.45, 7) is -7.31. The first-order valence-electron chi connectivity index (χ1n) is 14.6. The second-order valence-electron chi connectivity index (χ2n) is 6.40. The van der Waals surface area contributed by atoms with Crippen LogP contribution < -0.4 is 15.4 Å². The topological polar surface area (TPSA) is 119 Å². The predicted octanol–water partition coefficient (Wildman–Crippen LogP) is 3.14. The van der Waals surface area contributed by atoms with Crippen molar-refractivity contribution in [3.63, 3.8) is 0 Å². The molecule has 0 radical (unpaired) electrons. The molecular formula is C21H23N7O2S. The van der Waals surface area contributed by atoms with Gasteiger partial charge < -0.3 is 10.2 Å². The number of sulfonamides is 1. The van der Waals surface area contributed by atoms with Crippen LogP contribution in [0.3, 0.4) is 0 Å². The number of hydrogen-bond acceptors (Lipinski definition) is 7. The van der Waals surface area contributed by atoms with E-state index in [1.54, 1.807) is 0 Å². The van der Waals surface area contributed by atoms with Crippen LogP contribution in [-0.4, -0.2) is 35.1 Å². The average Bonchev–Trinajstić information content (AvgIpc) is 3.21. The molecule has 10 heteroatoms. The predicted molar refractivity (Wildman–Crippen MR) is 121 cm³/mol. The van der Waals surface area contributed by atoms with Gasteiger partial charge in [-0.15, -0.1) is 0 Å². The lowest BCUT2D eigenvalue weighted by Gasteiger charge is -2.19. The van der Waals surface area contributed by atoms with Gasteiger partial charge in [0.2, 0.25) is 16.0 Å². The number of aryl methyl sites for hydroxylation is 3. The molecule has 2 aromatic heterocycles. The standard InChI is InChI=1S/C21H23N7O2S/c1-13-5-6-15(11-19(13)31(22,29)30)24-21-23-10-9-20(25-21)27(3)16-7-8-17-14(2)28(4)26-18(17)12-16/h5-12H,1-4H3,(H2,22,29,30)(H,23,24,25)/i1D3,3D3,4D3,7D,8D,12D. The summed E-state index contributed by atoms with van der Waals surface area (Å²) in [6.07, 6.45) is 1.13. The Morgan fingerprint density at radius 1 is 1.29 bits per heavy atom. The molecule has 2 aromatic carbocycles. The molecule has 0 atom stereocenters. The summed E-state index contributed by atoms with van der Waals surface area (Å²) in [5.41, 5.74) is -1.46. The minimum absolute atomic E-state index is 0.00845. The number of primary sulfonamides is 1.